The fraction of sp³-hybridized carbons (Fsp3) is 0.510. The minimum Gasteiger partial charge on any atom is -0.504 e. The van der Waals surface area contributed by atoms with E-state index >= 15 is 0 Å². The second-order valence-corrected chi connectivity index (χ2v) is 17.8. The Morgan fingerprint density at radius 2 is 1.12 bits per heavy atom. The molecule has 4 aliphatic heterocycles. The van der Waals surface area contributed by atoms with Crippen LogP contribution >= 0.6 is 0 Å². The van der Waals surface area contributed by atoms with E-state index in [0.717, 1.165) is 31.2 Å². The van der Waals surface area contributed by atoms with Crippen LogP contribution in [0.2, 0.25) is 0 Å². The Morgan fingerprint density at radius 3 is 1.70 bits per heavy atom. The predicted octanol–water partition coefficient (Wildman–Crippen LogP) is -3.77. The lowest BCUT2D eigenvalue weighted by molar-refractivity contribution is -0.421. The van der Waals surface area contributed by atoms with Crippen LogP contribution in [-0.4, -0.2) is 234 Å². The minimum atomic E-state index is -2.86. The van der Waals surface area contributed by atoms with Crippen molar-refractivity contribution in [3.8, 4) is 11.5 Å². The van der Waals surface area contributed by atoms with Crippen LogP contribution in [0.5, 0.6) is 11.5 Å². The van der Waals surface area contributed by atoms with Gasteiger partial charge in [0, 0.05) is 13.0 Å². The van der Waals surface area contributed by atoms with E-state index in [1.165, 1.54) is 54.6 Å². The molecule has 0 bridgehead atoms. The number of esters is 4. The van der Waals surface area contributed by atoms with E-state index < -0.39 is 185 Å². The fourth-order valence-corrected chi connectivity index (χ4v) is 8.58. The predicted molar refractivity (Wildman–Crippen MR) is 245 cm³/mol. The summed E-state index contributed by atoms with van der Waals surface area (Å²) >= 11 is 0. The van der Waals surface area contributed by atoms with Gasteiger partial charge in [-0.05, 0) is 48.0 Å². The Labute approximate surface area is 431 Å². The van der Waals surface area contributed by atoms with Gasteiger partial charge in [-0.15, -0.1) is 0 Å². The van der Waals surface area contributed by atoms with Crippen molar-refractivity contribution in [2.45, 2.75) is 123 Å². The van der Waals surface area contributed by atoms with Crippen LogP contribution in [0.1, 0.15) is 33.2 Å². The van der Waals surface area contributed by atoms with Gasteiger partial charge in [0.1, 0.15) is 92.6 Å². The van der Waals surface area contributed by atoms with Gasteiger partial charge in [-0.2, -0.15) is 0 Å². The number of carbonyl (C=O) groups excluding carboxylic acids is 4. The van der Waals surface area contributed by atoms with E-state index in [0.29, 0.717) is 0 Å². The third-order valence-electron chi connectivity index (χ3n) is 12.6. The van der Waals surface area contributed by atoms with E-state index in [9.17, 15) is 80.5 Å². The summed E-state index contributed by atoms with van der Waals surface area (Å²) in [6, 6.07) is 18.0. The molecule has 27 nitrogen and oxygen atoms in total. The van der Waals surface area contributed by atoms with Crippen LogP contribution < -0.4 is 0 Å². The standard InChI is InChI=1S/C49H58O27/c1-22(53)66-20-31-34(58)37(61)39(63)47(70-31)72-41-40(71-32(56)15-13-23-12-14-26(54)27(55)16-23)30(19-52)69-48(42(41)73-46-38(62)36(60)33(57)28(17-50)68-46)76-49(21-67-44(64)24-8-4-2-5-9-24)43(35(59)29(18-51)75-49)74-45(65)25-10-6-3-7-11-25/h2-16,28-31,33-43,46-48,50-52,54-55,57-63H,17-21H2,1H3/t28-,29+,30-,31+,33-,34+,35-,36+,37+,38+,39-,40-,41-,42-,43-,46+,47+,48+,49-/m0/s1. The van der Waals surface area contributed by atoms with Gasteiger partial charge < -0.3 is 113 Å². The average molecular weight is 1080 g/mol. The molecule has 416 valence electrons. The highest BCUT2D eigenvalue weighted by molar-refractivity contribution is 5.90. The number of phenols is 2. The first-order valence-corrected chi connectivity index (χ1v) is 23.5. The average Bonchev–Trinajstić information content (AvgIpc) is 3.73. The van der Waals surface area contributed by atoms with Crippen LogP contribution in [0.3, 0.4) is 0 Å². The van der Waals surface area contributed by atoms with Gasteiger partial charge in [0.05, 0.1) is 30.9 Å². The number of benzene rings is 3. The van der Waals surface area contributed by atoms with Crippen molar-refractivity contribution in [3.05, 3.63) is 102 Å². The molecule has 0 amide bonds. The summed E-state index contributed by atoms with van der Waals surface area (Å²) in [7, 11) is 0. The van der Waals surface area contributed by atoms with Gasteiger partial charge in [-0.3, -0.25) is 4.79 Å². The van der Waals surface area contributed by atoms with Crippen molar-refractivity contribution in [3.63, 3.8) is 0 Å². The Balaban J connectivity index is 1.37. The second-order valence-electron chi connectivity index (χ2n) is 17.8. The maximum absolute atomic E-state index is 13.8. The highest BCUT2D eigenvalue weighted by Gasteiger charge is 2.64. The molecule has 0 aliphatic carbocycles. The highest BCUT2D eigenvalue weighted by Crippen LogP contribution is 2.42. The molecule has 4 heterocycles. The molecule has 7 rings (SSSR count). The molecule has 12 N–H and O–H groups in total. The summed E-state index contributed by atoms with van der Waals surface area (Å²) in [5.41, 5.74) is 0.0162. The van der Waals surface area contributed by atoms with E-state index in [4.69, 9.17) is 52.1 Å². The van der Waals surface area contributed by atoms with Crippen molar-refractivity contribution in [2.24, 2.45) is 0 Å². The number of hydrogen-bond donors (Lipinski definition) is 12. The number of aromatic hydroxyl groups is 2. The maximum atomic E-state index is 13.8. The number of aliphatic hydroxyl groups is 10. The molecule has 0 saturated carbocycles. The summed E-state index contributed by atoms with van der Waals surface area (Å²) in [5, 5.41) is 130. The van der Waals surface area contributed by atoms with Crippen LogP contribution in [0.4, 0.5) is 0 Å². The maximum Gasteiger partial charge on any atom is 0.338 e. The third-order valence-corrected chi connectivity index (χ3v) is 12.6. The van der Waals surface area contributed by atoms with Crippen LogP contribution in [-0.2, 0) is 61.7 Å². The molecule has 27 heteroatoms. The molecule has 3 aromatic carbocycles. The quantitative estimate of drug-likeness (QED) is 0.0237. The molecular weight excluding hydrogens is 1020 g/mol. The topological polar surface area (TPSA) is 413 Å². The number of aliphatic hydroxyl groups excluding tert-OH is 10. The molecule has 0 radical (unpaired) electrons. The van der Waals surface area contributed by atoms with Crippen molar-refractivity contribution in [1.82, 2.24) is 0 Å². The van der Waals surface area contributed by atoms with Crippen molar-refractivity contribution >= 4 is 30.0 Å². The highest BCUT2D eigenvalue weighted by atomic mass is 16.8. The molecule has 4 aliphatic rings. The van der Waals surface area contributed by atoms with Gasteiger partial charge in [-0.25, -0.2) is 14.4 Å². The monoisotopic (exact) mass is 1080 g/mol. The largest absolute Gasteiger partial charge is 0.504 e. The first-order chi connectivity index (χ1) is 36.3. The normalized spacial score (nSPS) is 35.6. The summed E-state index contributed by atoms with van der Waals surface area (Å²) in [5.74, 6) is -8.23. The summed E-state index contributed by atoms with van der Waals surface area (Å²) < 4.78 is 65.1. The van der Waals surface area contributed by atoms with Crippen molar-refractivity contribution in [2.75, 3.05) is 33.0 Å². The number of carbonyl (C=O) groups is 4. The van der Waals surface area contributed by atoms with Gasteiger partial charge >= 0.3 is 23.9 Å². The van der Waals surface area contributed by atoms with E-state index in [1.54, 1.807) is 12.1 Å². The third kappa shape index (κ3) is 13.1. The summed E-state index contributed by atoms with van der Waals surface area (Å²) in [6.45, 7) is -4.09. The van der Waals surface area contributed by atoms with Crippen molar-refractivity contribution in [1.29, 1.82) is 0 Å². The Morgan fingerprint density at radius 1 is 0.566 bits per heavy atom. The Bertz CT molecular complexity index is 2440. The number of hydrogen-bond acceptors (Lipinski definition) is 27. The summed E-state index contributed by atoms with van der Waals surface area (Å²) in [6.07, 6.45) is -35.4. The number of ether oxygens (including phenoxy) is 11. The molecule has 4 fully saturated rings. The van der Waals surface area contributed by atoms with E-state index in [-0.39, 0.29) is 16.7 Å². The lowest BCUT2D eigenvalue weighted by Crippen LogP contribution is -2.69. The van der Waals surface area contributed by atoms with E-state index in [1.807, 2.05) is 0 Å². The second kappa shape index (κ2) is 25.6. The molecular formula is C49H58O27. The molecule has 4 saturated heterocycles. The Kier molecular flexibility index (Phi) is 19.5. The van der Waals surface area contributed by atoms with Gasteiger partial charge in [-0.1, -0.05) is 42.5 Å². The van der Waals surface area contributed by atoms with E-state index in [2.05, 4.69) is 0 Å². The molecule has 0 unspecified atom stereocenters. The first kappa shape index (κ1) is 57.9. The number of rotatable bonds is 19. The van der Waals surface area contributed by atoms with Crippen LogP contribution in [0.15, 0.2) is 84.9 Å². The van der Waals surface area contributed by atoms with Crippen molar-refractivity contribution < 1.29 is 133 Å². The first-order valence-electron chi connectivity index (χ1n) is 23.5. The minimum absolute atomic E-state index is 0.0365. The lowest BCUT2D eigenvalue weighted by atomic mass is 9.95. The van der Waals surface area contributed by atoms with Gasteiger partial charge in [0.2, 0.25) is 5.79 Å². The van der Waals surface area contributed by atoms with Crippen LogP contribution in [0, 0.1) is 0 Å². The molecule has 19 atom stereocenters. The van der Waals surface area contributed by atoms with Crippen LogP contribution in [0.25, 0.3) is 6.08 Å². The molecule has 0 spiro atoms. The Hall–Kier alpha value is -5.80. The molecule has 3 aromatic rings. The lowest BCUT2D eigenvalue weighted by Gasteiger charge is -2.50. The SMILES string of the molecule is CC(=O)OC[C@H]1O[C@H](O[C@@H]2[C@H](O[C@H]3O[C@@H](CO)[C@H](O)[C@@H](O)[C@H]3O)[C@@H](O[C@]3(COC(=O)c4ccccc4)O[C@H](CO)[C@H](O)[C@@H]3OC(=O)c3ccccc3)O[C@@H](CO)[C@@H]2OC(=O)C=Cc2ccc(O)c(O)c2)[C@@H](O)[C@H](O)[C@@H]1O. The number of phenolic OH excluding ortho intramolecular Hbond substituents is 2. The summed E-state index contributed by atoms with van der Waals surface area (Å²) in [4.78, 5) is 53.1. The zero-order valence-electron chi connectivity index (χ0n) is 40.1. The molecule has 76 heavy (non-hydrogen) atoms. The smallest absolute Gasteiger partial charge is 0.338 e. The zero-order chi connectivity index (χ0) is 55.0. The zero-order valence-corrected chi connectivity index (χ0v) is 40.1. The fourth-order valence-electron chi connectivity index (χ4n) is 8.58. The molecule has 0 aromatic heterocycles. The van der Waals surface area contributed by atoms with Gasteiger partial charge in [0.25, 0.3) is 0 Å². The van der Waals surface area contributed by atoms with Gasteiger partial charge in [0.15, 0.2) is 42.6 Å².